The van der Waals surface area contributed by atoms with Gasteiger partial charge in [-0.3, -0.25) is 39.7 Å². The van der Waals surface area contributed by atoms with Gasteiger partial charge in [-0.05, 0) is 88.3 Å². The van der Waals surface area contributed by atoms with Gasteiger partial charge in [0.2, 0.25) is 5.91 Å². The molecule has 0 saturated heterocycles. The van der Waals surface area contributed by atoms with Crippen molar-refractivity contribution in [3.8, 4) is 0 Å². The first-order valence-electron chi connectivity index (χ1n) is 16.4. The summed E-state index contributed by atoms with van der Waals surface area (Å²) in [4.78, 5) is 73.2. The molecule has 0 fully saturated rings. The predicted octanol–water partition coefficient (Wildman–Crippen LogP) is 3.99. The number of nitrogens with zero attached hydrogens (tertiary/aromatic N) is 1. The third-order valence-electron chi connectivity index (χ3n) is 5.32. The van der Waals surface area contributed by atoms with Gasteiger partial charge in [-0.25, -0.2) is 5.06 Å². The van der Waals surface area contributed by atoms with Crippen molar-refractivity contribution in [1.29, 1.82) is 0 Å². The molecule has 13 heteroatoms. The second-order valence-corrected chi connectivity index (χ2v) is 14.2. The third-order valence-corrected chi connectivity index (χ3v) is 5.32. The van der Waals surface area contributed by atoms with Gasteiger partial charge in [-0.2, -0.15) is 0 Å². The van der Waals surface area contributed by atoms with E-state index in [4.69, 9.17) is 25.6 Å². The van der Waals surface area contributed by atoms with Crippen molar-refractivity contribution in [2.24, 2.45) is 17.8 Å². The molecule has 0 aliphatic rings. The maximum atomic E-state index is 11.6. The minimum atomic E-state index is -0.521. The van der Waals surface area contributed by atoms with Gasteiger partial charge in [0, 0.05) is 24.8 Å². The zero-order valence-electron chi connectivity index (χ0n) is 34.4. The molecule has 0 radical (unpaired) electrons. The summed E-state index contributed by atoms with van der Waals surface area (Å²) in [5, 5.41) is 1.11. The minimum Gasteiger partial charge on any atom is -1.00 e. The maximum absolute atomic E-state index is 11.6. The quantitative estimate of drug-likeness (QED) is 0.0711. The Morgan fingerprint density at radius 1 is 0.608 bits per heavy atom. The van der Waals surface area contributed by atoms with Gasteiger partial charge in [0.1, 0.15) is 16.8 Å². The number of halogens is 1. The molecule has 0 aliphatic carbocycles. The van der Waals surface area contributed by atoms with Gasteiger partial charge in [-0.15, -0.1) is 0 Å². The molecule has 11 nitrogen and oxygen atoms in total. The van der Waals surface area contributed by atoms with E-state index < -0.39 is 22.7 Å². The van der Waals surface area contributed by atoms with Crippen LogP contribution in [0, 0.1) is 24.3 Å². The third kappa shape index (κ3) is 42.0. The summed E-state index contributed by atoms with van der Waals surface area (Å²) < 4.78 is 15.4. The molecule has 0 spiro atoms. The van der Waals surface area contributed by atoms with Gasteiger partial charge >= 0.3 is 41.0 Å². The summed E-state index contributed by atoms with van der Waals surface area (Å²) in [6.07, 6.45) is 8.15. The Morgan fingerprint density at radius 2 is 0.843 bits per heavy atom. The van der Waals surface area contributed by atoms with Crippen LogP contribution in [0.4, 0.5) is 0 Å². The number of ether oxygens (including phenoxy) is 3. The van der Waals surface area contributed by atoms with Crippen molar-refractivity contribution in [2.45, 2.75) is 140 Å². The van der Waals surface area contributed by atoms with E-state index in [0.29, 0.717) is 0 Å². The number of hydroxylamine groups is 2. The number of rotatable bonds is 12. The largest absolute Gasteiger partial charge is 2.00 e. The number of ketones is 2. The first kappa shape index (κ1) is 60.7. The van der Waals surface area contributed by atoms with Crippen molar-refractivity contribution in [1.82, 2.24) is 5.06 Å². The van der Waals surface area contributed by atoms with E-state index in [9.17, 15) is 28.8 Å². The fourth-order valence-electron chi connectivity index (χ4n) is 3.25. The van der Waals surface area contributed by atoms with Crippen molar-refractivity contribution in [2.75, 3.05) is 14.2 Å². The summed E-state index contributed by atoms with van der Waals surface area (Å²) in [5.74, 6) is -2.41. The van der Waals surface area contributed by atoms with Crippen LogP contribution in [-0.2, 0) is 47.8 Å². The van der Waals surface area contributed by atoms with Crippen LogP contribution in [0.1, 0.15) is 123 Å². The Bertz CT molecular complexity index is 1040. The van der Waals surface area contributed by atoms with Crippen LogP contribution < -0.4 is 17.0 Å². The summed E-state index contributed by atoms with van der Waals surface area (Å²) in [5.41, 5.74) is -1.49. The normalized spacial score (nSPS) is 12.6. The number of amides is 1. The summed E-state index contributed by atoms with van der Waals surface area (Å²) >= 11 is 0. The molecule has 3 atom stereocenters. The van der Waals surface area contributed by atoms with Crippen LogP contribution in [0.15, 0.2) is 30.4 Å². The average Bonchev–Trinajstić information content (AvgIpc) is 2.90. The molecule has 0 N–H and O–H groups in total. The van der Waals surface area contributed by atoms with Gasteiger partial charge in [0.25, 0.3) is 0 Å². The number of carbonyl (C=O) groups excluding carboxylic acids is 6. The zero-order valence-corrected chi connectivity index (χ0v) is 37.4. The SMILES string of the molecule is C/C=C/C(=O)[C@H](C)CC(=O)OC(C)(C)C.C/C=C\C(=O)[C@H](C)CC(=O)OC(C)(C)C.CON(C)C(=O)[C@H](C)CC(=O)OC(C)(C)C.[Br-].[CH-]=CC.[Mg+2]. The maximum Gasteiger partial charge on any atom is 2.00 e. The summed E-state index contributed by atoms with van der Waals surface area (Å²) in [6, 6.07) is 0. The second kappa shape index (κ2) is 31.2. The van der Waals surface area contributed by atoms with Crippen LogP contribution >= 0.6 is 0 Å². The monoisotopic (exact) mass is 799 g/mol. The van der Waals surface area contributed by atoms with Gasteiger partial charge in [-0.1, -0.05) is 39.8 Å². The van der Waals surface area contributed by atoms with E-state index >= 15 is 0 Å². The summed E-state index contributed by atoms with van der Waals surface area (Å²) in [6.45, 7) is 31.4. The van der Waals surface area contributed by atoms with E-state index in [1.165, 1.54) is 32.4 Å². The number of hydrogen-bond donors (Lipinski definition) is 0. The molecule has 0 rings (SSSR count). The predicted molar refractivity (Wildman–Crippen MR) is 199 cm³/mol. The molecule has 0 bridgehead atoms. The molecule has 0 unspecified atom stereocenters. The van der Waals surface area contributed by atoms with Crippen LogP contribution in [0.5, 0.6) is 0 Å². The second-order valence-electron chi connectivity index (χ2n) is 14.2. The Balaban J connectivity index is -0.000000140. The first-order valence-corrected chi connectivity index (χ1v) is 16.4. The zero-order chi connectivity index (χ0) is 39.8. The van der Waals surface area contributed by atoms with E-state index in [1.54, 1.807) is 74.5 Å². The van der Waals surface area contributed by atoms with E-state index in [-0.39, 0.29) is 107 Å². The Kier molecular flexibility index (Phi) is 37.1. The minimum absolute atomic E-state index is 0. The van der Waals surface area contributed by atoms with E-state index in [2.05, 4.69) is 0 Å². The molecule has 0 aromatic carbocycles. The number of hydrogen-bond acceptors (Lipinski definition) is 10. The molecule has 292 valence electrons. The van der Waals surface area contributed by atoms with E-state index in [0.717, 1.165) is 5.06 Å². The fraction of sp³-hybridized carbons (Fsp3) is 0.684. The van der Waals surface area contributed by atoms with Crippen molar-refractivity contribution < 1.29 is 64.8 Å². The van der Waals surface area contributed by atoms with Gasteiger partial charge in [0.05, 0.1) is 26.4 Å². The van der Waals surface area contributed by atoms with Crippen molar-refractivity contribution >= 4 is 58.4 Å². The van der Waals surface area contributed by atoms with Gasteiger partial charge in [0.15, 0.2) is 11.6 Å². The van der Waals surface area contributed by atoms with Crippen LogP contribution in [0.3, 0.4) is 0 Å². The molecule has 1 amide bonds. The first-order chi connectivity index (χ1) is 22.1. The van der Waals surface area contributed by atoms with Crippen LogP contribution in [0.2, 0.25) is 0 Å². The summed E-state index contributed by atoms with van der Waals surface area (Å²) in [7, 11) is 2.91. The van der Waals surface area contributed by atoms with Crippen molar-refractivity contribution in [3.05, 3.63) is 37.0 Å². The Labute approximate surface area is 335 Å². The fourth-order valence-corrected chi connectivity index (χ4v) is 3.25. The number of carbonyl (C=O) groups is 6. The Morgan fingerprint density at radius 3 is 1.04 bits per heavy atom. The molecule has 0 saturated carbocycles. The Hall–Kier alpha value is -2.35. The average molecular weight is 801 g/mol. The molecule has 0 aromatic heterocycles. The molecular formula is C38H66BrMgNO10. The topological polar surface area (TPSA) is 143 Å². The molecular weight excluding hydrogens is 735 g/mol. The smallest absolute Gasteiger partial charge is 1.00 e. The number of esters is 3. The molecule has 0 aromatic rings. The van der Waals surface area contributed by atoms with Crippen LogP contribution in [-0.4, -0.2) is 94.5 Å². The van der Waals surface area contributed by atoms with Gasteiger partial charge < -0.3 is 37.8 Å². The van der Waals surface area contributed by atoms with Crippen molar-refractivity contribution in [3.63, 3.8) is 0 Å². The molecule has 51 heavy (non-hydrogen) atoms. The molecule has 0 aliphatic heterocycles. The number of allylic oxidation sites excluding steroid dienone is 5. The molecule has 0 heterocycles. The standard InChI is InChI=1S/2C12H20O3.C11H21NO4.C3H5.BrH.Mg/c2*1-6-7-10(13)9(2)8-11(14)15-12(3,4)5;1-8(10(14)12(5)15-6)7-9(13)16-11(2,3)4;1-3-2;;/h2*6-7,9H,8H2,1-5H3;8H,7H2,1-6H3;1,3H,2H3;1H;/q;;;-1;;+2/p-1/b7-6+;7-6-;;;;/t2*9-;8-;;;/m111.../s1. The van der Waals surface area contributed by atoms with E-state index in [1.807, 2.05) is 41.5 Å². The van der Waals surface area contributed by atoms with Crippen LogP contribution in [0.25, 0.3) is 0 Å².